The van der Waals surface area contributed by atoms with Gasteiger partial charge in [-0.3, -0.25) is 0 Å². The second-order valence-electron chi connectivity index (χ2n) is 6.38. The normalized spacial score (nSPS) is 25.4. The number of rotatable bonds is 4. The summed E-state index contributed by atoms with van der Waals surface area (Å²) in [5.74, 6) is 0. The fourth-order valence-electron chi connectivity index (χ4n) is 3.54. The zero-order valence-electron chi connectivity index (χ0n) is 12.9. The van der Waals surface area contributed by atoms with Crippen LogP contribution in [0.15, 0.2) is 18.2 Å². The van der Waals surface area contributed by atoms with Crippen LogP contribution in [0.5, 0.6) is 0 Å². The molecule has 0 spiro atoms. The molecule has 21 heavy (non-hydrogen) atoms. The summed E-state index contributed by atoms with van der Waals surface area (Å²) in [4.78, 5) is 2.50. The first-order valence-corrected chi connectivity index (χ1v) is 8.43. The number of hydrogen-bond acceptors (Lipinski definition) is 3. The molecule has 1 aromatic carbocycles. The molecule has 1 heterocycles. The van der Waals surface area contributed by atoms with Crippen LogP contribution in [0.2, 0.25) is 5.02 Å². The van der Waals surface area contributed by atoms with Crippen molar-refractivity contribution in [2.24, 2.45) is 0 Å². The summed E-state index contributed by atoms with van der Waals surface area (Å²) in [6.45, 7) is 6.96. The number of hydrogen-bond donors (Lipinski definition) is 1. The van der Waals surface area contributed by atoms with Crippen LogP contribution in [-0.2, 0) is 11.3 Å². The van der Waals surface area contributed by atoms with E-state index >= 15 is 0 Å². The Hall–Kier alpha value is -0.770. The molecule has 1 saturated carbocycles. The molecule has 0 radical (unpaired) electrons. The monoisotopic (exact) mass is 308 g/mol. The van der Waals surface area contributed by atoms with E-state index in [1.807, 2.05) is 6.07 Å². The van der Waals surface area contributed by atoms with Crippen molar-refractivity contribution in [2.75, 3.05) is 18.1 Å². The molecule has 0 aromatic heterocycles. The lowest BCUT2D eigenvalue weighted by Gasteiger charge is -2.40. The predicted molar refractivity (Wildman–Crippen MR) is 88.2 cm³/mol. The molecule has 4 heteroatoms. The molecule has 1 saturated heterocycles. The summed E-state index contributed by atoms with van der Waals surface area (Å²) >= 11 is 6.56. The molecule has 1 aliphatic heterocycles. The van der Waals surface area contributed by atoms with Gasteiger partial charge >= 0.3 is 0 Å². The minimum atomic E-state index is 0.390. The molecule has 116 valence electrons. The van der Waals surface area contributed by atoms with E-state index in [0.717, 1.165) is 24.7 Å². The van der Waals surface area contributed by atoms with Crippen LogP contribution >= 0.6 is 11.6 Å². The molecule has 1 N–H and O–H groups in total. The van der Waals surface area contributed by atoms with Gasteiger partial charge in [0.05, 0.1) is 29.5 Å². The van der Waals surface area contributed by atoms with Gasteiger partial charge in [-0.2, -0.15) is 0 Å². The van der Waals surface area contributed by atoms with Crippen LogP contribution in [0.1, 0.15) is 38.7 Å². The molecule has 2 aliphatic rings. The van der Waals surface area contributed by atoms with Crippen molar-refractivity contribution >= 4 is 17.3 Å². The number of ether oxygens (including phenoxy) is 1. The van der Waals surface area contributed by atoms with E-state index in [1.54, 1.807) is 0 Å². The molecule has 3 rings (SSSR count). The summed E-state index contributed by atoms with van der Waals surface area (Å²) in [7, 11) is 0. The van der Waals surface area contributed by atoms with Crippen molar-refractivity contribution in [1.29, 1.82) is 0 Å². The van der Waals surface area contributed by atoms with Gasteiger partial charge < -0.3 is 15.0 Å². The first-order chi connectivity index (χ1) is 10.2. The highest BCUT2D eigenvalue weighted by Crippen LogP contribution is 2.38. The van der Waals surface area contributed by atoms with Crippen LogP contribution in [-0.4, -0.2) is 31.3 Å². The Kier molecular flexibility index (Phi) is 4.72. The van der Waals surface area contributed by atoms with Crippen LogP contribution in [0, 0.1) is 0 Å². The Morgan fingerprint density at radius 3 is 3.05 bits per heavy atom. The molecule has 1 aromatic rings. The number of halogens is 1. The molecule has 0 bridgehead atoms. The second-order valence-corrected chi connectivity index (χ2v) is 6.79. The van der Waals surface area contributed by atoms with E-state index in [4.69, 9.17) is 16.3 Å². The average molecular weight is 309 g/mol. The van der Waals surface area contributed by atoms with E-state index in [9.17, 15) is 0 Å². The summed E-state index contributed by atoms with van der Waals surface area (Å²) in [6, 6.07) is 7.22. The van der Waals surface area contributed by atoms with Crippen molar-refractivity contribution in [3.63, 3.8) is 0 Å². The highest BCUT2D eigenvalue weighted by molar-refractivity contribution is 6.33. The van der Waals surface area contributed by atoms with E-state index in [2.05, 4.69) is 36.2 Å². The van der Waals surface area contributed by atoms with Gasteiger partial charge in [-0.15, -0.1) is 0 Å². The number of para-hydroxylation sites is 1. The Morgan fingerprint density at radius 2 is 2.24 bits per heavy atom. The van der Waals surface area contributed by atoms with Crippen molar-refractivity contribution in [2.45, 2.75) is 57.8 Å². The molecule has 2 atom stereocenters. The maximum absolute atomic E-state index is 6.56. The first-order valence-electron chi connectivity index (χ1n) is 8.06. The highest BCUT2D eigenvalue weighted by Gasteiger charge is 2.37. The maximum atomic E-state index is 6.56. The third kappa shape index (κ3) is 3.20. The number of nitrogens with one attached hydrogen (secondary N) is 1. The maximum Gasteiger partial charge on any atom is 0.0779 e. The molecule has 0 amide bonds. The van der Waals surface area contributed by atoms with Gasteiger partial charge in [0.1, 0.15) is 0 Å². The van der Waals surface area contributed by atoms with E-state index in [1.165, 1.54) is 30.5 Å². The number of morpholine rings is 1. The number of nitrogens with zero attached hydrogens (tertiary/aromatic N) is 1. The Bertz CT molecular complexity index is 492. The Labute approximate surface area is 132 Å². The van der Waals surface area contributed by atoms with Gasteiger partial charge in [0.2, 0.25) is 0 Å². The minimum Gasteiger partial charge on any atom is -0.374 e. The fourth-order valence-corrected chi connectivity index (χ4v) is 3.84. The molecular weight excluding hydrogens is 284 g/mol. The Morgan fingerprint density at radius 1 is 1.38 bits per heavy atom. The van der Waals surface area contributed by atoms with Crippen LogP contribution < -0.4 is 10.2 Å². The summed E-state index contributed by atoms with van der Waals surface area (Å²) in [5.41, 5.74) is 2.51. The van der Waals surface area contributed by atoms with Crippen LogP contribution in [0.4, 0.5) is 5.69 Å². The zero-order chi connectivity index (χ0) is 14.8. The largest absolute Gasteiger partial charge is 0.374 e. The third-order valence-corrected chi connectivity index (χ3v) is 4.85. The first kappa shape index (κ1) is 15.1. The standard InChI is InChI=1S/C17H25ClN2O/c1-12(2)19-11-13-5-3-6-14(18)17(13)20-9-10-21-16-8-4-7-15(16)20/h3,5-6,12,15-16,19H,4,7-11H2,1-2H3. The number of anilines is 1. The lowest BCUT2D eigenvalue weighted by atomic mass is 10.1. The van der Waals surface area contributed by atoms with Gasteiger partial charge in [0.15, 0.2) is 0 Å². The van der Waals surface area contributed by atoms with Gasteiger partial charge in [-0.25, -0.2) is 0 Å². The SMILES string of the molecule is CC(C)NCc1cccc(Cl)c1N1CCOC2CCCC21. The van der Waals surface area contributed by atoms with Gasteiger partial charge in [-0.1, -0.05) is 37.6 Å². The van der Waals surface area contributed by atoms with Gasteiger partial charge in [-0.05, 0) is 30.9 Å². The zero-order valence-corrected chi connectivity index (χ0v) is 13.7. The molecule has 2 unspecified atom stereocenters. The minimum absolute atomic E-state index is 0.390. The topological polar surface area (TPSA) is 24.5 Å². The van der Waals surface area contributed by atoms with Crippen molar-refractivity contribution in [3.8, 4) is 0 Å². The highest BCUT2D eigenvalue weighted by atomic mass is 35.5. The number of fused-ring (bicyclic) bond motifs is 1. The predicted octanol–water partition coefficient (Wildman–Crippen LogP) is 3.60. The lowest BCUT2D eigenvalue weighted by molar-refractivity contribution is 0.0256. The van der Waals surface area contributed by atoms with E-state index < -0.39 is 0 Å². The van der Waals surface area contributed by atoms with Crippen LogP contribution in [0.25, 0.3) is 0 Å². The summed E-state index contributed by atoms with van der Waals surface area (Å²) in [6.07, 6.45) is 4.05. The second kappa shape index (κ2) is 6.55. The van der Waals surface area contributed by atoms with Crippen LogP contribution in [0.3, 0.4) is 0 Å². The smallest absolute Gasteiger partial charge is 0.0779 e. The van der Waals surface area contributed by atoms with Crippen molar-refractivity contribution < 1.29 is 4.74 Å². The summed E-state index contributed by atoms with van der Waals surface area (Å²) < 4.78 is 5.93. The van der Waals surface area contributed by atoms with Gasteiger partial charge in [0.25, 0.3) is 0 Å². The summed E-state index contributed by atoms with van der Waals surface area (Å²) in [5, 5.41) is 4.38. The molecule has 1 aliphatic carbocycles. The third-order valence-electron chi connectivity index (χ3n) is 4.54. The molecule has 3 nitrogen and oxygen atoms in total. The lowest BCUT2D eigenvalue weighted by Crippen LogP contribution is -2.49. The molecule has 2 fully saturated rings. The quantitative estimate of drug-likeness (QED) is 0.920. The van der Waals surface area contributed by atoms with Crippen molar-refractivity contribution in [1.82, 2.24) is 5.32 Å². The Balaban J connectivity index is 1.89. The molecular formula is C17H25ClN2O. The van der Waals surface area contributed by atoms with E-state index in [0.29, 0.717) is 18.2 Å². The number of benzene rings is 1. The average Bonchev–Trinajstić information content (AvgIpc) is 2.93. The van der Waals surface area contributed by atoms with Gasteiger partial charge in [0, 0.05) is 19.1 Å². The van der Waals surface area contributed by atoms with E-state index in [-0.39, 0.29) is 0 Å². The fraction of sp³-hybridized carbons (Fsp3) is 0.647. The van der Waals surface area contributed by atoms with Crippen molar-refractivity contribution in [3.05, 3.63) is 28.8 Å².